The number of nitrogens with one attached hydrogen (secondary N) is 2. The molecule has 0 aliphatic rings. The second kappa shape index (κ2) is 8.09. The van der Waals surface area contributed by atoms with Crippen molar-refractivity contribution in [1.29, 1.82) is 0 Å². The summed E-state index contributed by atoms with van der Waals surface area (Å²) in [6.07, 6.45) is -0.158. The molecule has 0 unspecified atom stereocenters. The highest BCUT2D eigenvalue weighted by atomic mass is 32.1. The fourth-order valence-electron chi connectivity index (χ4n) is 1.69. The third-order valence-electron chi connectivity index (χ3n) is 2.53. The van der Waals surface area contributed by atoms with Gasteiger partial charge in [0, 0.05) is 0 Å². The second-order valence-electron chi connectivity index (χ2n) is 6.39. The lowest BCUT2D eigenvalue weighted by Gasteiger charge is -2.23. The topological polar surface area (TPSA) is 102 Å². The molecule has 0 aromatic carbocycles. The predicted octanol–water partition coefficient (Wildman–Crippen LogP) is 2.42. The summed E-state index contributed by atoms with van der Waals surface area (Å²) in [6.45, 7) is 9.21. The second-order valence-corrected chi connectivity index (χ2v) is 7.33. The van der Waals surface area contributed by atoms with Crippen LogP contribution in [-0.4, -0.2) is 41.0 Å². The Kier molecular flexibility index (Phi) is 6.74. The molecule has 2 amide bonds. The van der Waals surface area contributed by atoms with Crippen molar-refractivity contribution in [3.63, 3.8) is 0 Å². The molecule has 0 radical (unpaired) electrons. The molecule has 23 heavy (non-hydrogen) atoms. The summed E-state index contributed by atoms with van der Waals surface area (Å²) in [5.41, 5.74) is -0.629. The van der Waals surface area contributed by atoms with E-state index in [-0.39, 0.29) is 11.8 Å². The van der Waals surface area contributed by atoms with Crippen LogP contribution in [0.2, 0.25) is 0 Å². The lowest BCUT2D eigenvalue weighted by atomic mass is 10.0. The first-order chi connectivity index (χ1) is 10.6. The fourth-order valence-corrected chi connectivity index (χ4v) is 2.25. The number of amides is 2. The maximum atomic E-state index is 12.4. The van der Waals surface area contributed by atoms with E-state index in [0.29, 0.717) is 16.7 Å². The molecule has 1 aromatic heterocycles. The largest absolute Gasteiger partial charge is 0.472 e. The molecule has 0 fully saturated rings. The van der Waals surface area contributed by atoms with Crippen LogP contribution in [0.1, 0.15) is 41.0 Å². The Morgan fingerprint density at radius 3 is 2.39 bits per heavy atom. The van der Waals surface area contributed by atoms with Gasteiger partial charge < -0.3 is 14.8 Å². The molecule has 8 nitrogen and oxygen atoms in total. The molecular formula is C14H24N4O4S. The molecule has 0 spiro atoms. The van der Waals surface area contributed by atoms with Gasteiger partial charge in [0.2, 0.25) is 11.0 Å². The number of alkyl carbamates (subject to hydrolysis) is 1. The van der Waals surface area contributed by atoms with Crippen LogP contribution < -0.4 is 15.4 Å². The number of methoxy groups -OCH3 is 1. The Hall–Kier alpha value is -1.90. The van der Waals surface area contributed by atoms with E-state index in [1.54, 1.807) is 20.8 Å². The molecule has 0 saturated carbocycles. The van der Waals surface area contributed by atoms with Crippen LogP contribution >= 0.6 is 11.3 Å². The van der Waals surface area contributed by atoms with Gasteiger partial charge in [-0.05, 0) is 44.4 Å². The third kappa shape index (κ3) is 7.27. The minimum atomic E-state index is -0.722. The van der Waals surface area contributed by atoms with Crippen molar-refractivity contribution in [1.82, 2.24) is 15.5 Å². The lowest BCUT2D eigenvalue weighted by molar-refractivity contribution is -0.118. The Morgan fingerprint density at radius 1 is 1.26 bits per heavy atom. The van der Waals surface area contributed by atoms with Crippen LogP contribution in [0.5, 0.6) is 5.19 Å². The Bertz CT molecular complexity index is 539. The van der Waals surface area contributed by atoms with Crippen LogP contribution in [0.3, 0.4) is 0 Å². The maximum absolute atomic E-state index is 12.4. The molecule has 0 aliphatic heterocycles. The molecule has 1 atom stereocenters. The minimum absolute atomic E-state index is 0.213. The average Bonchev–Trinajstić information content (AvgIpc) is 2.82. The highest BCUT2D eigenvalue weighted by Crippen LogP contribution is 2.22. The predicted molar refractivity (Wildman–Crippen MR) is 87.7 cm³/mol. The van der Waals surface area contributed by atoms with Gasteiger partial charge in [-0.2, -0.15) is 0 Å². The van der Waals surface area contributed by atoms with Crippen LogP contribution in [0, 0.1) is 5.92 Å². The quantitative estimate of drug-likeness (QED) is 0.821. The summed E-state index contributed by atoms with van der Waals surface area (Å²) in [6, 6.07) is -0.722. The summed E-state index contributed by atoms with van der Waals surface area (Å²) in [4.78, 5) is 24.3. The first-order valence-electron chi connectivity index (χ1n) is 7.28. The Balaban J connectivity index is 2.71. The number of carbonyl (C=O) groups excluding carboxylic acids is 2. The molecule has 2 N–H and O–H groups in total. The molecule has 0 aliphatic carbocycles. The minimum Gasteiger partial charge on any atom is -0.472 e. The van der Waals surface area contributed by atoms with E-state index in [9.17, 15) is 9.59 Å². The molecule has 9 heteroatoms. The fraction of sp³-hybridized carbons (Fsp3) is 0.714. The van der Waals surface area contributed by atoms with Crippen LogP contribution in [0.4, 0.5) is 9.93 Å². The number of nitrogens with zero attached hydrogens (tertiary/aromatic N) is 2. The van der Waals surface area contributed by atoms with Crippen molar-refractivity contribution >= 4 is 28.5 Å². The zero-order valence-electron chi connectivity index (χ0n) is 14.3. The lowest BCUT2D eigenvalue weighted by Crippen LogP contribution is -2.46. The van der Waals surface area contributed by atoms with Crippen LogP contribution in [0.25, 0.3) is 0 Å². The normalized spacial score (nSPS) is 12.7. The molecule has 130 valence electrons. The van der Waals surface area contributed by atoms with Gasteiger partial charge in [0.15, 0.2) is 0 Å². The van der Waals surface area contributed by atoms with E-state index >= 15 is 0 Å². The van der Waals surface area contributed by atoms with Gasteiger partial charge in [-0.15, -0.1) is 5.10 Å². The monoisotopic (exact) mass is 344 g/mol. The van der Waals surface area contributed by atoms with E-state index in [4.69, 9.17) is 9.47 Å². The third-order valence-corrected chi connectivity index (χ3v) is 3.33. The van der Waals surface area contributed by atoms with Crippen molar-refractivity contribution < 1.29 is 19.1 Å². The van der Waals surface area contributed by atoms with Crippen LogP contribution in [-0.2, 0) is 9.53 Å². The zero-order chi connectivity index (χ0) is 17.6. The zero-order valence-corrected chi connectivity index (χ0v) is 15.1. The molecular weight excluding hydrogens is 320 g/mol. The standard InChI is InChI=1S/C14H24N4O4S/c1-8(2)7-9(15-12(20)22-14(3,4)5)10(19)16-11-17-18-13(21-6)23-11/h8-9H,7H2,1-6H3,(H,15,20)(H,16,17,19)/t9-/m0/s1. The summed E-state index contributed by atoms with van der Waals surface area (Å²) >= 11 is 1.11. The van der Waals surface area contributed by atoms with E-state index in [0.717, 1.165) is 11.3 Å². The number of rotatable bonds is 6. The van der Waals surface area contributed by atoms with E-state index < -0.39 is 17.7 Å². The maximum Gasteiger partial charge on any atom is 0.408 e. The average molecular weight is 344 g/mol. The van der Waals surface area contributed by atoms with Gasteiger partial charge >= 0.3 is 6.09 Å². The van der Waals surface area contributed by atoms with Gasteiger partial charge in [0.25, 0.3) is 5.19 Å². The van der Waals surface area contributed by atoms with Crippen molar-refractivity contribution in [3.05, 3.63) is 0 Å². The first-order valence-corrected chi connectivity index (χ1v) is 8.10. The smallest absolute Gasteiger partial charge is 0.408 e. The van der Waals surface area contributed by atoms with Crippen molar-refractivity contribution in [3.8, 4) is 5.19 Å². The van der Waals surface area contributed by atoms with Gasteiger partial charge in [-0.1, -0.05) is 18.9 Å². The molecule has 1 heterocycles. The van der Waals surface area contributed by atoms with Crippen molar-refractivity contribution in [2.75, 3.05) is 12.4 Å². The highest BCUT2D eigenvalue weighted by molar-refractivity contribution is 7.17. The number of anilines is 1. The molecule has 1 aromatic rings. The highest BCUT2D eigenvalue weighted by Gasteiger charge is 2.26. The van der Waals surface area contributed by atoms with E-state index in [1.807, 2.05) is 13.8 Å². The molecule has 0 saturated heterocycles. The van der Waals surface area contributed by atoms with Gasteiger partial charge in [0.1, 0.15) is 11.6 Å². The summed E-state index contributed by atoms with van der Waals surface area (Å²) in [5.74, 6) is -0.159. The Labute approximate surface area is 140 Å². The van der Waals surface area contributed by atoms with Gasteiger partial charge in [0.05, 0.1) is 7.11 Å². The summed E-state index contributed by atoms with van der Waals surface area (Å²) in [7, 11) is 1.47. The number of hydrogen-bond donors (Lipinski definition) is 2. The van der Waals surface area contributed by atoms with Crippen LogP contribution in [0.15, 0.2) is 0 Å². The number of carbonyl (C=O) groups is 2. The summed E-state index contributed by atoms with van der Waals surface area (Å²) < 4.78 is 10.1. The SMILES string of the molecule is COc1nnc(NC(=O)[C@H](CC(C)C)NC(=O)OC(C)(C)C)s1. The van der Waals surface area contributed by atoms with Crippen molar-refractivity contribution in [2.45, 2.75) is 52.7 Å². The number of aromatic nitrogens is 2. The summed E-state index contributed by atoms with van der Waals surface area (Å²) in [5, 5.41) is 13.4. The Morgan fingerprint density at radius 2 is 1.91 bits per heavy atom. The van der Waals surface area contributed by atoms with Gasteiger partial charge in [-0.3, -0.25) is 10.1 Å². The molecule has 1 rings (SSSR count). The van der Waals surface area contributed by atoms with E-state index in [2.05, 4.69) is 20.8 Å². The van der Waals surface area contributed by atoms with Gasteiger partial charge in [-0.25, -0.2) is 4.79 Å². The number of ether oxygens (including phenoxy) is 2. The van der Waals surface area contributed by atoms with Crippen molar-refractivity contribution in [2.24, 2.45) is 5.92 Å². The first kappa shape index (κ1) is 19.1. The number of hydrogen-bond acceptors (Lipinski definition) is 7. The molecule has 0 bridgehead atoms. The van der Waals surface area contributed by atoms with E-state index in [1.165, 1.54) is 7.11 Å².